The Morgan fingerprint density at radius 3 is 2.48 bits per heavy atom. The third kappa shape index (κ3) is 4.32. The zero-order chi connectivity index (χ0) is 15.2. The third-order valence-corrected chi connectivity index (χ3v) is 3.67. The topological polar surface area (TPSA) is 65.1 Å². The summed E-state index contributed by atoms with van der Waals surface area (Å²) in [5.74, 6) is 0.449. The van der Waals surface area contributed by atoms with Crippen molar-refractivity contribution in [2.75, 3.05) is 44.2 Å². The Morgan fingerprint density at radius 2 is 1.90 bits per heavy atom. The van der Waals surface area contributed by atoms with Crippen molar-refractivity contribution in [1.82, 2.24) is 4.90 Å². The molecule has 1 atom stereocenters. The van der Waals surface area contributed by atoms with E-state index in [4.69, 9.17) is 10.8 Å². The van der Waals surface area contributed by atoms with E-state index >= 15 is 0 Å². The van der Waals surface area contributed by atoms with Crippen LogP contribution >= 0.6 is 0 Å². The number of benzene rings is 1. The molecule has 1 aromatic carbocycles. The molecule has 1 saturated heterocycles. The van der Waals surface area contributed by atoms with Gasteiger partial charge in [-0.25, -0.2) is 4.39 Å². The Bertz CT molecular complexity index is 469. The normalized spacial score (nSPS) is 18.0. The van der Waals surface area contributed by atoms with Crippen molar-refractivity contribution >= 4 is 11.6 Å². The number of anilines is 1. The lowest BCUT2D eigenvalue weighted by molar-refractivity contribution is 0.241. The Kier molecular flexibility index (Phi) is 5.38. The number of hydrogen-bond donors (Lipinski definition) is 2. The van der Waals surface area contributed by atoms with Crippen LogP contribution < -0.4 is 10.6 Å². The second kappa shape index (κ2) is 7.26. The van der Waals surface area contributed by atoms with E-state index in [-0.39, 0.29) is 18.3 Å². The molecule has 0 radical (unpaired) electrons. The first kappa shape index (κ1) is 15.6. The van der Waals surface area contributed by atoms with E-state index in [9.17, 15) is 4.39 Å². The highest BCUT2D eigenvalue weighted by Crippen LogP contribution is 2.16. The minimum absolute atomic E-state index is 0.120. The number of nitrogens with two attached hydrogens (primary N) is 1. The molecule has 1 aliphatic rings. The second-order valence-electron chi connectivity index (χ2n) is 5.44. The highest BCUT2D eigenvalue weighted by atomic mass is 19.1. The predicted molar refractivity (Wildman–Crippen MR) is 82.9 cm³/mol. The molecule has 6 heteroatoms. The third-order valence-electron chi connectivity index (χ3n) is 3.67. The lowest BCUT2D eigenvalue weighted by atomic mass is 10.2. The van der Waals surface area contributed by atoms with Gasteiger partial charge in [0.1, 0.15) is 5.82 Å². The predicted octanol–water partition coefficient (Wildman–Crippen LogP) is 0.891. The summed E-state index contributed by atoms with van der Waals surface area (Å²) in [6, 6.07) is 6.55. The van der Waals surface area contributed by atoms with Gasteiger partial charge in [-0.3, -0.25) is 4.99 Å². The van der Waals surface area contributed by atoms with Crippen molar-refractivity contribution in [1.29, 1.82) is 0 Å². The van der Waals surface area contributed by atoms with Crippen molar-refractivity contribution in [3.05, 3.63) is 30.1 Å². The molecule has 1 aromatic rings. The number of aliphatic hydroxyl groups excluding tert-OH is 1. The summed E-state index contributed by atoms with van der Waals surface area (Å²) in [6.07, 6.45) is 0. The van der Waals surface area contributed by atoms with Crippen LogP contribution in [0, 0.1) is 11.7 Å². The van der Waals surface area contributed by atoms with Gasteiger partial charge in [-0.2, -0.15) is 0 Å². The van der Waals surface area contributed by atoms with Crippen LogP contribution in [0.2, 0.25) is 0 Å². The van der Waals surface area contributed by atoms with Gasteiger partial charge in [0.15, 0.2) is 5.96 Å². The molecule has 0 bridgehead atoms. The largest absolute Gasteiger partial charge is 0.396 e. The summed E-state index contributed by atoms with van der Waals surface area (Å²) < 4.78 is 12.9. The van der Waals surface area contributed by atoms with Crippen molar-refractivity contribution < 1.29 is 9.50 Å². The van der Waals surface area contributed by atoms with E-state index in [0.29, 0.717) is 12.5 Å². The first-order valence-electron chi connectivity index (χ1n) is 7.26. The maximum absolute atomic E-state index is 12.9. The molecule has 1 unspecified atom stereocenters. The zero-order valence-corrected chi connectivity index (χ0v) is 12.4. The van der Waals surface area contributed by atoms with Gasteiger partial charge in [0.25, 0.3) is 0 Å². The molecule has 5 nitrogen and oxygen atoms in total. The summed E-state index contributed by atoms with van der Waals surface area (Å²) in [6.45, 7) is 5.84. The van der Waals surface area contributed by atoms with Gasteiger partial charge in [0, 0.05) is 45.0 Å². The average molecular weight is 294 g/mol. The van der Waals surface area contributed by atoms with Crippen LogP contribution in [-0.2, 0) is 0 Å². The Balaban J connectivity index is 1.86. The highest BCUT2D eigenvalue weighted by Gasteiger charge is 2.18. The van der Waals surface area contributed by atoms with E-state index in [1.807, 2.05) is 11.8 Å². The van der Waals surface area contributed by atoms with Gasteiger partial charge in [-0.05, 0) is 30.2 Å². The molecular formula is C15H23FN4O. The number of piperazine rings is 1. The maximum atomic E-state index is 12.9. The number of hydrogen-bond acceptors (Lipinski definition) is 3. The molecule has 0 aromatic heterocycles. The van der Waals surface area contributed by atoms with Crippen molar-refractivity contribution in [2.24, 2.45) is 16.6 Å². The van der Waals surface area contributed by atoms with E-state index < -0.39 is 0 Å². The minimum atomic E-state index is -0.216. The number of aliphatic imine (C=N–C) groups is 1. The molecule has 0 amide bonds. The summed E-state index contributed by atoms with van der Waals surface area (Å²) >= 11 is 0. The SMILES string of the molecule is CC(CO)CN=C(N)N1CCN(c2ccc(F)cc2)CC1. The quantitative estimate of drug-likeness (QED) is 0.639. The van der Waals surface area contributed by atoms with E-state index in [1.165, 1.54) is 12.1 Å². The molecule has 21 heavy (non-hydrogen) atoms. The van der Waals surface area contributed by atoms with Crippen LogP contribution in [-0.4, -0.2) is 55.3 Å². The number of aliphatic hydroxyl groups is 1. The molecule has 0 spiro atoms. The first-order valence-corrected chi connectivity index (χ1v) is 7.26. The molecule has 0 saturated carbocycles. The van der Waals surface area contributed by atoms with Gasteiger partial charge in [-0.1, -0.05) is 6.92 Å². The summed E-state index contributed by atoms with van der Waals surface area (Å²) in [5.41, 5.74) is 7.01. The van der Waals surface area contributed by atoms with Gasteiger partial charge in [-0.15, -0.1) is 0 Å². The molecule has 2 rings (SSSR count). The van der Waals surface area contributed by atoms with Crippen LogP contribution in [0.25, 0.3) is 0 Å². The van der Waals surface area contributed by atoms with Crippen LogP contribution in [0.5, 0.6) is 0 Å². The van der Waals surface area contributed by atoms with Gasteiger partial charge in [0.05, 0.1) is 0 Å². The molecular weight excluding hydrogens is 271 g/mol. The van der Waals surface area contributed by atoms with Crippen molar-refractivity contribution in [2.45, 2.75) is 6.92 Å². The zero-order valence-electron chi connectivity index (χ0n) is 12.4. The summed E-state index contributed by atoms with van der Waals surface area (Å²) in [5, 5.41) is 8.98. The van der Waals surface area contributed by atoms with Crippen LogP contribution in [0.1, 0.15) is 6.92 Å². The fourth-order valence-electron chi connectivity index (χ4n) is 2.25. The molecule has 1 fully saturated rings. The molecule has 1 aliphatic heterocycles. The number of guanidine groups is 1. The monoisotopic (exact) mass is 294 g/mol. The van der Waals surface area contributed by atoms with E-state index in [2.05, 4.69) is 9.89 Å². The van der Waals surface area contributed by atoms with Gasteiger partial charge >= 0.3 is 0 Å². The van der Waals surface area contributed by atoms with Gasteiger partial charge < -0.3 is 20.6 Å². The van der Waals surface area contributed by atoms with E-state index in [0.717, 1.165) is 31.9 Å². The highest BCUT2D eigenvalue weighted by molar-refractivity contribution is 5.78. The van der Waals surface area contributed by atoms with Crippen LogP contribution in [0.15, 0.2) is 29.3 Å². The lowest BCUT2D eigenvalue weighted by Gasteiger charge is -2.36. The summed E-state index contributed by atoms with van der Waals surface area (Å²) in [7, 11) is 0. The summed E-state index contributed by atoms with van der Waals surface area (Å²) in [4.78, 5) is 8.57. The van der Waals surface area contributed by atoms with Crippen LogP contribution in [0.3, 0.4) is 0 Å². The molecule has 3 N–H and O–H groups in total. The Labute approximate surface area is 124 Å². The molecule has 116 valence electrons. The van der Waals surface area contributed by atoms with E-state index in [1.54, 1.807) is 12.1 Å². The Morgan fingerprint density at radius 1 is 1.29 bits per heavy atom. The minimum Gasteiger partial charge on any atom is -0.396 e. The van der Waals surface area contributed by atoms with Crippen LogP contribution in [0.4, 0.5) is 10.1 Å². The Hall–Kier alpha value is -1.82. The average Bonchev–Trinajstić information content (AvgIpc) is 2.53. The fourth-order valence-corrected chi connectivity index (χ4v) is 2.25. The molecule has 0 aliphatic carbocycles. The van der Waals surface area contributed by atoms with Crippen molar-refractivity contribution in [3.63, 3.8) is 0 Å². The molecule has 1 heterocycles. The maximum Gasteiger partial charge on any atom is 0.191 e. The number of nitrogens with zero attached hydrogens (tertiary/aromatic N) is 3. The standard InChI is InChI=1S/C15H23FN4O/c1-12(11-21)10-18-15(17)20-8-6-19(7-9-20)14-4-2-13(16)3-5-14/h2-5,12,21H,6-11H2,1H3,(H2,17,18). The van der Waals surface area contributed by atoms with Crippen molar-refractivity contribution in [3.8, 4) is 0 Å². The smallest absolute Gasteiger partial charge is 0.191 e. The first-order chi connectivity index (χ1) is 10.1. The lowest BCUT2D eigenvalue weighted by Crippen LogP contribution is -2.51. The fraction of sp³-hybridized carbons (Fsp3) is 0.533. The number of rotatable bonds is 4. The van der Waals surface area contributed by atoms with Gasteiger partial charge in [0.2, 0.25) is 0 Å². The number of halogens is 1. The second-order valence-corrected chi connectivity index (χ2v) is 5.44.